The Labute approximate surface area is 145 Å². The van der Waals surface area contributed by atoms with Gasteiger partial charge in [-0.15, -0.1) is 0 Å². The van der Waals surface area contributed by atoms with Crippen LogP contribution in [0.5, 0.6) is 0 Å². The Bertz CT molecular complexity index is 1030. The molecule has 0 unspecified atom stereocenters. The first kappa shape index (κ1) is 15.6. The molecule has 0 saturated carbocycles. The number of carbonyl (C=O) groups is 2. The predicted octanol–water partition coefficient (Wildman–Crippen LogP) is 0.876. The smallest absolute Gasteiger partial charge is 0.305 e. The number of thiazole rings is 1. The first-order valence-electron chi connectivity index (χ1n) is 7.73. The molecule has 1 saturated heterocycles. The summed E-state index contributed by atoms with van der Waals surface area (Å²) in [6, 6.07) is 3.68. The lowest BCUT2D eigenvalue weighted by Crippen LogP contribution is -2.61. The van der Waals surface area contributed by atoms with Crippen LogP contribution in [0.1, 0.15) is 26.4 Å². The van der Waals surface area contributed by atoms with Crippen molar-refractivity contribution in [2.45, 2.75) is 13.0 Å². The second kappa shape index (κ2) is 5.85. The highest BCUT2D eigenvalue weighted by Crippen LogP contribution is 2.22. The van der Waals surface area contributed by atoms with E-state index < -0.39 is 0 Å². The van der Waals surface area contributed by atoms with Gasteiger partial charge in [0.05, 0.1) is 23.3 Å². The van der Waals surface area contributed by atoms with Gasteiger partial charge < -0.3 is 15.2 Å². The second-order valence-electron chi connectivity index (χ2n) is 6.09. The van der Waals surface area contributed by atoms with Crippen LogP contribution in [0.25, 0.3) is 10.9 Å². The van der Waals surface area contributed by atoms with Crippen molar-refractivity contribution >= 4 is 34.1 Å². The zero-order valence-corrected chi connectivity index (χ0v) is 14.1. The molecule has 3 N–H and O–H groups in total. The first-order valence-corrected chi connectivity index (χ1v) is 8.61. The standard InChI is InChI=1S/C16H15N5O3S/c1-8-2-9-4-17-20-13(9)11(3-8)15(23)21-5-10(6-21)18-14(22)12-7-25-16(24)19-12/h2-4,7,10H,5-6H2,1H3,(H,17,20)(H,18,22)(H,19,24). The third kappa shape index (κ3) is 2.82. The Morgan fingerprint density at radius 2 is 2.16 bits per heavy atom. The zero-order chi connectivity index (χ0) is 17.6. The van der Waals surface area contributed by atoms with E-state index in [1.54, 1.807) is 11.1 Å². The summed E-state index contributed by atoms with van der Waals surface area (Å²) in [6.07, 6.45) is 1.69. The number of benzene rings is 1. The molecule has 9 heteroatoms. The number of aromatic amines is 2. The monoisotopic (exact) mass is 357 g/mol. The number of H-pyrrole nitrogens is 2. The highest BCUT2D eigenvalue weighted by atomic mass is 32.1. The molecule has 0 radical (unpaired) electrons. The summed E-state index contributed by atoms with van der Waals surface area (Å²) < 4.78 is 0. The van der Waals surface area contributed by atoms with Crippen molar-refractivity contribution in [1.82, 2.24) is 25.4 Å². The van der Waals surface area contributed by atoms with E-state index in [2.05, 4.69) is 20.5 Å². The van der Waals surface area contributed by atoms with Gasteiger partial charge in [-0.1, -0.05) is 11.3 Å². The van der Waals surface area contributed by atoms with Crippen LogP contribution in [-0.2, 0) is 0 Å². The zero-order valence-electron chi connectivity index (χ0n) is 13.3. The number of likely N-dealkylation sites (tertiary alicyclic amines) is 1. The molecule has 8 nitrogen and oxygen atoms in total. The van der Waals surface area contributed by atoms with Crippen molar-refractivity contribution in [3.8, 4) is 0 Å². The summed E-state index contributed by atoms with van der Waals surface area (Å²) in [5.74, 6) is -0.422. The number of nitrogens with zero attached hydrogens (tertiary/aromatic N) is 2. The predicted molar refractivity (Wildman–Crippen MR) is 92.9 cm³/mol. The van der Waals surface area contributed by atoms with E-state index in [9.17, 15) is 14.4 Å². The van der Waals surface area contributed by atoms with Crippen molar-refractivity contribution in [2.75, 3.05) is 13.1 Å². The summed E-state index contributed by atoms with van der Waals surface area (Å²) in [5.41, 5.74) is 2.54. The molecule has 2 amide bonds. The number of nitrogens with one attached hydrogen (secondary N) is 3. The van der Waals surface area contributed by atoms with Crippen LogP contribution in [0.15, 0.2) is 28.5 Å². The molecule has 4 rings (SSSR count). The molecule has 25 heavy (non-hydrogen) atoms. The van der Waals surface area contributed by atoms with Crippen molar-refractivity contribution < 1.29 is 9.59 Å². The maximum atomic E-state index is 12.7. The van der Waals surface area contributed by atoms with Crippen molar-refractivity contribution in [2.24, 2.45) is 0 Å². The highest BCUT2D eigenvalue weighted by molar-refractivity contribution is 7.07. The minimum atomic E-state index is -0.332. The quantitative estimate of drug-likeness (QED) is 0.646. The number of fused-ring (bicyclic) bond motifs is 1. The van der Waals surface area contributed by atoms with E-state index in [-0.39, 0.29) is 28.4 Å². The van der Waals surface area contributed by atoms with Crippen LogP contribution >= 0.6 is 11.3 Å². The average molecular weight is 357 g/mol. The van der Waals surface area contributed by atoms with Crippen molar-refractivity contribution in [3.05, 3.63) is 50.2 Å². The van der Waals surface area contributed by atoms with E-state index in [0.717, 1.165) is 27.8 Å². The minimum Gasteiger partial charge on any atom is -0.344 e. The van der Waals surface area contributed by atoms with Crippen LogP contribution in [0.4, 0.5) is 0 Å². The number of carbonyl (C=O) groups excluding carboxylic acids is 2. The molecular formula is C16H15N5O3S. The molecule has 1 fully saturated rings. The van der Waals surface area contributed by atoms with Crippen LogP contribution in [0.2, 0.25) is 0 Å². The van der Waals surface area contributed by atoms with Gasteiger partial charge in [-0.2, -0.15) is 5.10 Å². The van der Waals surface area contributed by atoms with E-state index in [0.29, 0.717) is 18.7 Å². The number of aromatic nitrogens is 3. The summed E-state index contributed by atoms with van der Waals surface area (Å²) in [4.78, 5) is 39.7. The fraction of sp³-hybridized carbons (Fsp3) is 0.250. The highest BCUT2D eigenvalue weighted by Gasteiger charge is 2.33. The maximum Gasteiger partial charge on any atom is 0.305 e. The minimum absolute atomic E-state index is 0.0904. The van der Waals surface area contributed by atoms with E-state index in [1.807, 2.05) is 19.1 Å². The summed E-state index contributed by atoms with van der Waals surface area (Å²) >= 11 is 0.946. The SMILES string of the molecule is Cc1cc(C(=O)N2CC(NC(=O)c3csc(=O)[nH]3)C2)c2[nH]ncc2c1. The first-order chi connectivity index (χ1) is 12.0. The van der Waals surface area contributed by atoms with Gasteiger partial charge >= 0.3 is 4.87 Å². The number of hydrogen-bond donors (Lipinski definition) is 3. The fourth-order valence-corrected chi connectivity index (χ4v) is 3.50. The molecule has 0 atom stereocenters. The van der Waals surface area contributed by atoms with Gasteiger partial charge in [0.25, 0.3) is 11.8 Å². The van der Waals surface area contributed by atoms with Gasteiger partial charge in [-0.25, -0.2) is 0 Å². The normalized spacial score (nSPS) is 14.5. The Balaban J connectivity index is 1.43. The third-order valence-electron chi connectivity index (χ3n) is 4.19. The molecule has 1 aliphatic heterocycles. The number of rotatable bonds is 3. The summed E-state index contributed by atoms with van der Waals surface area (Å²) in [7, 11) is 0. The molecule has 1 aromatic carbocycles. The molecule has 1 aliphatic rings. The van der Waals surface area contributed by atoms with Gasteiger partial charge in [0, 0.05) is 23.9 Å². The summed E-state index contributed by atoms with van der Waals surface area (Å²) in [6.45, 7) is 2.80. The molecule has 0 bridgehead atoms. The second-order valence-corrected chi connectivity index (χ2v) is 6.93. The number of amides is 2. The van der Waals surface area contributed by atoms with Gasteiger partial charge in [-0.3, -0.25) is 19.5 Å². The Hall–Kier alpha value is -2.94. The number of hydrogen-bond acceptors (Lipinski definition) is 5. The average Bonchev–Trinajstić information content (AvgIpc) is 3.17. The maximum absolute atomic E-state index is 12.7. The topological polar surface area (TPSA) is 111 Å². The fourth-order valence-electron chi connectivity index (χ4n) is 2.94. The lowest BCUT2D eigenvalue weighted by atomic mass is 10.0. The van der Waals surface area contributed by atoms with Crippen molar-refractivity contribution in [3.63, 3.8) is 0 Å². The van der Waals surface area contributed by atoms with Gasteiger partial charge in [0.1, 0.15) is 5.69 Å². The van der Waals surface area contributed by atoms with E-state index in [1.165, 1.54) is 5.38 Å². The molecule has 3 aromatic rings. The van der Waals surface area contributed by atoms with Gasteiger partial charge in [0.2, 0.25) is 0 Å². The molecular weight excluding hydrogens is 342 g/mol. The van der Waals surface area contributed by atoms with E-state index >= 15 is 0 Å². The third-order valence-corrected chi connectivity index (χ3v) is 4.86. The molecule has 0 spiro atoms. The van der Waals surface area contributed by atoms with Gasteiger partial charge in [0.15, 0.2) is 0 Å². The van der Waals surface area contributed by atoms with Crippen LogP contribution < -0.4 is 10.2 Å². The lowest BCUT2D eigenvalue weighted by molar-refractivity contribution is 0.0543. The van der Waals surface area contributed by atoms with Crippen LogP contribution in [0, 0.1) is 6.92 Å². The largest absolute Gasteiger partial charge is 0.344 e. The molecule has 128 valence electrons. The Morgan fingerprint density at radius 3 is 2.88 bits per heavy atom. The van der Waals surface area contributed by atoms with E-state index in [4.69, 9.17) is 0 Å². The lowest BCUT2D eigenvalue weighted by Gasteiger charge is -2.39. The van der Waals surface area contributed by atoms with Crippen LogP contribution in [-0.4, -0.2) is 51.0 Å². The Kier molecular flexibility index (Phi) is 3.65. The molecule has 3 heterocycles. The molecule has 0 aliphatic carbocycles. The summed E-state index contributed by atoms with van der Waals surface area (Å²) in [5, 5.41) is 12.1. The number of aryl methyl sites for hydroxylation is 1. The Morgan fingerprint density at radius 1 is 1.36 bits per heavy atom. The molecule has 2 aromatic heterocycles. The van der Waals surface area contributed by atoms with Crippen molar-refractivity contribution in [1.29, 1.82) is 0 Å². The van der Waals surface area contributed by atoms with Gasteiger partial charge in [-0.05, 0) is 24.6 Å². The van der Waals surface area contributed by atoms with Crippen LogP contribution in [0.3, 0.4) is 0 Å².